The summed E-state index contributed by atoms with van der Waals surface area (Å²) in [6, 6.07) is 22.5. The number of rotatable bonds is 8. The highest BCUT2D eigenvalue weighted by molar-refractivity contribution is 5.89. The third kappa shape index (κ3) is 6.05. The number of benzene rings is 3. The minimum Gasteiger partial charge on any atom is -0.352 e. The van der Waals surface area contributed by atoms with Crippen molar-refractivity contribution in [2.75, 3.05) is 0 Å². The van der Waals surface area contributed by atoms with Crippen LogP contribution < -0.4 is 5.32 Å². The standard InChI is InChI=1S/C30H36N2O2/c1-22-15-17-24(18-16-22)21-32(23(2)30(34)31-27-12-4-3-5-13-27)29(33)20-19-26-11-8-10-25-9-6-7-14-28(25)26/h6-11,14-18,23,27H,3-5,12-13,19-21H2,1-2H3,(H,31,34)/t23-/m1/s1. The van der Waals surface area contributed by atoms with E-state index in [0.717, 1.165) is 31.2 Å². The van der Waals surface area contributed by atoms with Crippen LogP contribution in [0.1, 0.15) is 62.1 Å². The SMILES string of the molecule is Cc1ccc(CN(C(=O)CCc2cccc3ccccc23)[C@H](C)C(=O)NC2CCCCC2)cc1. The van der Waals surface area contributed by atoms with Crippen molar-refractivity contribution in [3.8, 4) is 0 Å². The number of fused-ring (bicyclic) bond motifs is 1. The lowest BCUT2D eigenvalue weighted by molar-refractivity contribution is -0.141. The van der Waals surface area contributed by atoms with Crippen LogP contribution in [-0.4, -0.2) is 28.8 Å². The van der Waals surface area contributed by atoms with Gasteiger partial charge < -0.3 is 10.2 Å². The first-order valence-corrected chi connectivity index (χ1v) is 12.6. The topological polar surface area (TPSA) is 49.4 Å². The molecule has 0 unspecified atom stereocenters. The molecule has 178 valence electrons. The van der Waals surface area contributed by atoms with Gasteiger partial charge in [0, 0.05) is 19.0 Å². The fourth-order valence-electron chi connectivity index (χ4n) is 4.94. The number of hydrogen-bond acceptors (Lipinski definition) is 2. The van der Waals surface area contributed by atoms with Crippen molar-refractivity contribution in [2.45, 2.75) is 77.4 Å². The Labute approximate surface area is 203 Å². The zero-order valence-corrected chi connectivity index (χ0v) is 20.4. The Bertz CT molecular complexity index is 1110. The molecule has 1 fully saturated rings. The Morgan fingerprint density at radius 1 is 0.941 bits per heavy atom. The lowest BCUT2D eigenvalue weighted by atomic mass is 9.95. The summed E-state index contributed by atoms with van der Waals surface area (Å²) < 4.78 is 0. The minimum absolute atomic E-state index is 0.0137. The number of carbonyl (C=O) groups is 2. The second-order valence-electron chi connectivity index (χ2n) is 9.67. The molecule has 1 N–H and O–H groups in total. The number of carbonyl (C=O) groups excluding carboxylic acids is 2. The molecule has 0 aliphatic heterocycles. The van der Waals surface area contributed by atoms with Crippen molar-refractivity contribution < 1.29 is 9.59 Å². The number of amides is 2. The van der Waals surface area contributed by atoms with Crippen LogP contribution in [0, 0.1) is 6.92 Å². The maximum Gasteiger partial charge on any atom is 0.242 e. The molecule has 0 spiro atoms. The van der Waals surface area contributed by atoms with Gasteiger partial charge in [0.1, 0.15) is 6.04 Å². The van der Waals surface area contributed by atoms with Crippen LogP contribution in [0.5, 0.6) is 0 Å². The number of nitrogens with zero attached hydrogens (tertiary/aromatic N) is 1. The van der Waals surface area contributed by atoms with Gasteiger partial charge in [-0.2, -0.15) is 0 Å². The zero-order valence-electron chi connectivity index (χ0n) is 20.4. The Hall–Kier alpha value is -3.14. The van der Waals surface area contributed by atoms with E-state index in [4.69, 9.17) is 0 Å². The maximum absolute atomic E-state index is 13.5. The van der Waals surface area contributed by atoms with Crippen molar-refractivity contribution in [2.24, 2.45) is 0 Å². The van der Waals surface area contributed by atoms with Gasteiger partial charge in [-0.3, -0.25) is 9.59 Å². The number of hydrogen-bond donors (Lipinski definition) is 1. The van der Waals surface area contributed by atoms with E-state index in [-0.39, 0.29) is 17.9 Å². The van der Waals surface area contributed by atoms with Gasteiger partial charge in [0.05, 0.1) is 0 Å². The lowest BCUT2D eigenvalue weighted by Crippen LogP contribution is -2.50. The summed E-state index contributed by atoms with van der Waals surface area (Å²) >= 11 is 0. The molecule has 1 atom stereocenters. The molecule has 4 nitrogen and oxygen atoms in total. The van der Waals surface area contributed by atoms with Crippen molar-refractivity contribution in [3.05, 3.63) is 83.4 Å². The normalized spacial score (nSPS) is 15.1. The smallest absolute Gasteiger partial charge is 0.242 e. The van der Waals surface area contributed by atoms with Gasteiger partial charge in [0.25, 0.3) is 0 Å². The summed E-state index contributed by atoms with van der Waals surface area (Å²) in [6.07, 6.45) is 6.67. The van der Waals surface area contributed by atoms with Crippen LogP contribution in [0.3, 0.4) is 0 Å². The maximum atomic E-state index is 13.5. The van der Waals surface area contributed by atoms with E-state index in [2.05, 4.69) is 48.6 Å². The van der Waals surface area contributed by atoms with Crippen LogP contribution >= 0.6 is 0 Å². The van der Waals surface area contributed by atoms with Crippen LogP contribution in [0.2, 0.25) is 0 Å². The van der Waals surface area contributed by atoms with Gasteiger partial charge in [-0.25, -0.2) is 0 Å². The molecule has 1 aliphatic carbocycles. The minimum atomic E-state index is -0.511. The van der Waals surface area contributed by atoms with Crippen LogP contribution in [0.4, 0.5) is 0 Å². The molecule has 2 amide bonds. The summed E-state index contributed by atoms with van der Waals surface area (Å²) in [4.78, 5) is 28.4. The molecule has 0 aromatic heterocycles. The second kappa shape index (κ2) is 11.3. The van der Waals surface area contributed by atoms with Crippen molar-refractivity contribution in [3.63, 3.8) is 0 Å². The van der Waals surface area contributed by atoms with E-state index in [1.54, 1.807) is 4.90 Å². The Morgan fingerprint density at radius 3 is 2.41 bits per heavy atom. The van der Waals surface area contributed by atoms with E-state index >= 15 is 0 Å². The summed E-state index contributed by atoms with van der Waals surface area (Å²) in [6.45, 7) is 4.35. The van der Waals surface area contributed by atoms with Crippen molar-refractivity contribution >= 4 is 22.6 Å². The number of aryl methyl sites for hydroxylation is 2. The monoisotopic (exact) mass is 456 g/mol. The molecule has 3 aromatic carbocycles. The fraction of sp³-hybridized carbons (Fsp3) is 0.400. The van der Waals surface area contributed by atoms with Gasteiger partial charge in [0.2, 0.25) is 11.8 Å². The molecule has 34 heavy (non-hydrogen) atoms. The third-order valence-corrected chi connectivity index (χ3v) is 7.08. The van der Waals surface area contributed by atoms with Gasteiger partial charge >= 0.3 is 0 Å². The first-order valence-electron chi connectivity index (χ1n) is 12.6. The highest BCUT2D eigenvalue weighted by Gasteiger charge is 2.28. The lowest BCUT2D eigenvalue weighted by Gasteiger charge is -2.31. The molecule has 1 aliphatic rings. The molecular weight excluding hydrogens is 420 g/mol. The van der Waals surface area contributed by atoms with Gasteiger partial charge in [-0.05, 0) is 55.0 Å². The van der Waals surface area contributed by atoms with Crippen LogP contribution in [-0.2, 0) is 22.6 Å². The fourth-order valence-corrected chi connectivity index (χ4v) is 4.94. The van der Waals surface area contributed by atoms with E-state index < -0.39 is 6.04 Å². The zero-order chi connectivity index (χ0) is 23.9. The first-order chi connectivity index (χ1) is 16.5. The number of nitrogens with one attached hydrogen (secondary N) is 1. The highest BCUT2D eigenvalue weighted by atomic mass is 16.2. The van der Waals surface area contributed by atoms with E-state index in [0.29, 0.717) is 19.4 Å². The Morgan fingerprint density at radius 2 is 1.65 bits per heavy atom. The highest BCUT2D eigenvalue weighted by Crippen LogP contribution is 2.22. The second-order valence-corrected chi connectivity index (χ2v) is 9.67. The third-order valence-electron chi connectivity index (χ3n) is 7.08. The molecule has 4 rings (SSSR count). The molecule has 1 saturated carbocycles. The van der Waals surface area contributed by atoms with Gasteiger partial charge in [-0.1, -0.05) is 91.6 Å². The molecule has 0 saturated heterocycles. The summed E-state index contributed by atoms with van der Waals surface area (Å²) in [7, 11) is 0. The average Bonchev–Trinajstić information content (AvgIpc) is 2.87. The Kier molecular flexibility index (Phi) is 7.99. The van der Waals surface area contributed by atoms with Gasteiger partial charge in [0.15, 0.2) is 0 Å². The predicted molar refractivity (Wildman–Crippen MR) is 138 cm³/mol. The van der Waals surface area contributed by atoms with E-state index in [9.17, 15) is 9.59 Å². The molecule has 0 bridgehead atoms. The predicted octanol–water partition coefficient (Wildman–Crippen LogP) is 5.95. The molecule has 0 radical (unpaired) electrons. The molecule has 0 heterocycles. The molecule has 4 heteroatoms. The first kappa shape index (κ1) is 24.0. The summed E-state index contributed by atoms with van der Waals surface area (Å²) in [5.41, 5.74) is 3.39. The van der Waals surface area contributed by atoms with Crippen LogP contribution in [0.25, 0.3) is 10.8 Å². The summed E-state index contributed by atoms with van der Waals surface area (Å²) in [5.74, 6) is -0.0303. The van der Waals surface area contributed by atoms with Crippen molar-refractivity contribution in [1.29, 1.82) is 0 Å². The van der Waals surface area contributed by atoms with Crippen LogP contribution in [0.15, 0.2) is 66.7 Å². The van der Waals surface area contributed by atoms with E-state index in [1.807, 2.05) is 37.3 Å². The Balaban J connectivity index is 1.49. The quantitative estimate of drug-likeness (QED) is 0.455. The van der Waals surface area contributed by atoms with Crippen molar-refractivity contribution in [1.82, 2.24) is 10.2 Å². The average molecular weight is 457 g/mol. The summed E-state index contributed by atoms with van der Waals surface area (Å²) in [5, 5.41) is 5.58. The molecule has 3 aromatic rings. The largest absolute Gasteiger partial charge is 0.352 e. The van der Waals surface area contributed by atoms with Gasteiger partial charge in [-0.15, -0.1) is 0 Å². The van der Waals surface area contributed by atoms with E-state index in [1.165, 1.54) is 28.3 Å². The molecular formula is C30H36N2O2.